The van der Waals surface area contributed by atoms with Gasteiger partial charge in [0.05, 0.1) is 28.0 Å². The van der Waals surface area contributed by atoms with Crippen molar-refractivity contribution in [1.82, 2.24) is 25.3 Å². The number of fused-ring (bicyclic) bond motifs is 1. The number of hydrogen-bond acceptors (Lipinski definition) is 10. The van der Waals surface area contributed by atoms with E-state index in [-0.39, 0.29) is 53.3 Å². The van der Waals surface area contributed by atoms with E-state index in [1.165, 1.54) is 37.5 Å². The predicted molar refractivity (Wildman–Crippen MR) is 202 cm³/mol. The van der Waals surface area contributed by atoms with Gasteiger partial charge in [0.15, 0.2) is 0 Å². The summed E-state index contributed by atoms with van der Waals surface area (Å²) >= 11 is 0. The van der Waals surface area contributed by atoms with Gasteiger partial charge in [0.1, 0.15) is 17.9 Å². The molecule has 3 heterocycles. The second-order valence-corrected chi connectivity index (χ2v) is 15.7. The van der Waals surface area contributed by atoms with Gasteiger partial charge in [0.2, 0.25) is 17.5 Å². The molecule has 1 atom stereocenters. The number of nitrogens with zero attached hydrogens (tertiary/aromatic N) is 4. The lowest BCUT2D eigenvalue weighted by atomic mass is 9.67. The first-order valence-electron chi connectivity index (χ1n) is 17.2. The van der Waals surface area contributed by atoms with Crippen molar-refractivity contribution in [2.75, 3.05) is 11.3 Å². The van der Waals surface area contributed by atoms with Crippen LogP contribution in [0.1, 0.15) is 91.7 Å². The normalized spacial score (nSPS) is 14.4. The molecule has 2 aromatic carbocycles. The average molecular weight is 749 g/mol. The van der Waals surface area contributed by atoms with Gasteiger partial charge in [-0.3, -0.25) is 0 Å². The Kier molecular flexibility index (Phi) is 11.9. The van der Waals surface area contributed by atoms with E-state index in [0.717, 1.165) is 52.6 Å². The minimum atomic E-state index is -4.24. The van der Waals surface area contributed by atoms with Crippen molar-refractivity contribution < 1.29 is 27.5 Å². The van der Waals surface area contributed by atoms with Gasteiger partial charge >= 0.3 is 5.97 Å². The maximum Gasteiger partial charge on any atom is 0.335 e. The molecule has 0 amide bonds. The number of furan rings is 1. The molecule has 1 aliphatic carbocycles. The topological polar surface area (TPSA) is 169 Å². The minimum absolute atomic E-state index is 0. The molecule has 1 fully saturated rings. The van der Waals surface area contributed by atoms with E-state index in [0.29, 0.717) is 23.4 Å². The van der Waals surface area contributed by atoms with Crippen molar-refractivity contribution in [1.29, 1.82) is 0 Å². The summed E-state index contributed by atoms with van der Waals surface area (Å²) in [5, 5.41) is 13.0. The molecule has 0 spiro atoms. The Bertz CT molecular complexity index is 2150. The summed E-state index contributed by atoms with van der Waals surface area (Å²) in [6.07, 6.45) is 7.24. The van der Waals surface area contributed by atoms with Crippen molar-refractivity contribution >= 4 is 45.6 Å². The SMILES string of the molecule is Cc1cccc(C)c1-c1cc(OC[C@@H](CCC2(C)CCC2)NCc2cnc3oc(C(C)C)cc3n2)nc(NS(=O)(=O)c2cccc(C(=O)O)c2)n1.Cl. The van der Waals surface area contributed by atoms with Gasteiger partial charge in [-0.15, -0.1) is 12.4 Å². The molecular formula is C38H45ClN6O6S. The Balaban J connectivity index is 0.00000523. The van der Waals surface area contributed by atoms with Crippen molar-refractivity contribution in [3.63, 3.8) is 0 Å². The Morgan fingerprint density at radius 3 is 2.44 bits per heavy atom. The largest absolute Gasteiger partial charge is 0.478 e. The predicted octanol–water partition coefficient (Wildman–Crippen LogP) is 7.85. The molecule has 3 N–H and O–H groups in total. The maximum atomic E-state index is 13.4. The Hall–Kier alpha value is -4.59. The first kappa shape index (κ1) is 38.6. The maximum absolute atomic E-state index is 13.4. The Morgan fingerprint density at radius 1 is 1.04 bits per heavy atom. The van der Waals surface area contributed by atoms with Crippen LogP contribution in [0.4, 0.5) is 5.95 Å². The van der Waals surface area contributed by atoms with Crippen molar-refractivity contribution in [2.24, 2.45) is 5.41 Å². The lowest BCUT2D eigenvalue weighted by molar-refractivity contribution is 0.0696. The number of carboxylic acids is 1. The number of nitrogens with one attached hydrogen (secondary N) is 2. The number of benzene rings is 2. The van der Waals surface area contributed by atoms with Crippen LogP contribution >= 0.6 is 12.4 Å². The van der Waals surface area contributed by atoms with Crippen LogP contribution in [0.2, 0.25) is 0 Å². The summed E-state index contributed by atoms with van der Waals surface area (Å²) < 4.78 is 41.5. The highest BCUT2D eigenvalue weighted by Gasteiger charge is 2.32. The number of aromatic carboxylic acids is 1. The van der Waals surface area contributed by atoms with E-state index in [4.69, 9.17) is 14.1 Å². The van der Waals surface area contributed by atoms with Gasteiger partial charge < -0.3 is 19.6 Å². The summed E-state index contributed by atoms with van der Waals surface area (Å²) in [5.74, 6) is -0.160. The van der Waals surface area contributed by atoms with Gasteiger partial charge in [0.25, 0.3) is 10.0 Å². The van der Waals surface area contributed by atoms with E-state index < -0.39 is 16.0 Å². The molecular weight excluding hydrogens is 704 g/mol. The highest BCUT2D eigenvalue weighted by atomic mass is 35.5. The third-order valence-electron chi connectivity index (χ3n) is 9.59. The van der Waals surface area contributed by atoms with Crippen molar-refractivity contribution in [3.8, 4) is 17.1 Å². The molecule has 3 aromatic heterocycles. The van der Waals surface area contributed by atoms with Crippen LogP contribution in [0.5, 0.6) is 5.88 Å². The lowest BCUT2D eigenvalue weighted by Crippen LogP contribution is -2.37. The number of sulfonamides is 1. The van der Waals surface area contributed by atoms with E-state index in [1.54, 1.807) is 12.3 Å². The standard InChI is InChI=1S/C38H44N6O6S.ClH/c1-23(2)32-18-31-35(50-32)40-21-28(41-31)20-39-27(13-16-38(5)14-8-15-38)22-49-33-19-30(34-24(3)9-6-10-25(34)4)42-37(43-33)44-51(47,48)29-12-7-11-26(17-29)36(45)46;/h6-7,9-12,17-19,21,23,27,39H,8,13-16,20,22H2,1-5H3,(H,45,46)(H,42,43,44);1H/t27-;/m1./s1. The van der Waals surface area contributed by atoms with Gasteiger partial charge in [-0.2, -0.15) is 4.98 Å². The molecule has 0 bridgehead atoms. The molecule has 1 saturated carbocycles. The smallest absolute Gasteiger partial charge is 0.335 e. The number of anilines is 1. The third kappa shape index (κ3) is 9.06. The average Bonchev–Trinajstić information content (AvgIpc) is 3.51. The number of rotatable bonds is 15. The van der Waals surface area contributed by atoms with Crippen LogP contribution in [-0.2, 0) is 16.6 Å². The molecule has 6 rings (SSSR count). The number of aryl methyl sites for hydroxylation is 2. The van der Waals surface area contributed by atoms with Crippen LogP contribution in [0, 0.1) is 19.3 Å². The highest BCUT2D eigenvalue weighted by molar-refractivity contribution is 7.92. The second kappa shape index (κ2) is 16.0. The lowest BCUT2D eigenvalue weighted by Gasteiger charge is -2.39. The number of aromatic nitrogens is 4. The van der Waals surface area contributed by atoms with Crippen LogP contribution < -0.4 is 14.8 Å². The van der Waals surface area contributed by atoms with Gasteiger partial charge in [-0.05, 0) is 74.3 Å². The number of carbonyl (C=O) groups is 1. The minimum Gasteiger partial charge on any atom is -0.478 e. The zero-order valence-electron chi connectivity index (χ0n) is 30.0. The quantitative estimate of drug-likeness (QED) is 0.0953. The first-order valence-corrected chi connectivity index (χ1v) is 18.7. The van der Waals surface area contributed by atoms with Gasteiger partial charge in [0, 0.05) is 36.2 Å². The molecule has 0 radical (unpaired) electrons. The summed E-state index contributed by atoms with van der Waals surface area (Å²) in [6, 6.07) is 14.6. The van der Waals surface area contributed by atoms with Gasteiger partial charge in [-0.25, -0.2) is 32.9 Å². The number of carboxylic acid groups (broad SMARTS) is 1. The first-order chi connectivity index (χ1) is 24.3. The molecule has 276 valence electrons. The molecule has 5 aromatic rings. The molecule has 1 aliphatic rings. The van der Waals surface area contributed by atoms with Crippen LogP contribution in [0.15, 0.2) is 70.1 Å². The molecule has 52 heavy (non-hydrogen) atoms. The highest BCUT2D eigenvalue weighted by Crippen LogP contribution is 2.44. The van der Waals surface area contributed by atoms with Crippen molar-refractivity contribution in [3.05, 3.63) is 88.9 Å². The summed E-state index contributed by atoms with van der Waals surface area (Å²) in [7, 11) is -4.24. The summed E-state index contributed by atoms with van der Waals surface area (Å²) in [4.78, 5) is 29.6. The van der Waals surface area contributed by atoms with E-state index in [1.807, 2.05) is 38.1 Å². The zero-order chi connectivity index (χ0) is 36.3. The van der Waals surface area contributed by atoms with Crippen molar-refractivity contribution in [2.45, 2.75) is 90.1 Å². The fourth-order valence-electron chi connectivity index (χ4n) is 6.35. The third-order valence-corrected chi connectivity index (χ3v) is 10.9. The second-order valence-electron chi connectivity index (χ2n) is 14.1. The van der Waals surface area contributed by atoms with Crippen LogP contribution in [0.3, 0.4) is 0 Å². The summed E-state index contributed by atoms with van der Waals surface area (Å²) in [6.45, 7) is 11.1. The Morgan fingerprint density at radius 2 is 1.77 bits per heavy atom. The monoisotopic (exact) mass is 748 g/mol. The van der Waals surface area contributed by atoms with Crippen LogP contribution in [-0.4, -0.2) is 52.1 Å². The van der Waals surface area contributed by atoms with Crippen LogP contribution in [0.25, 0.3) is 22.5 Å². The molecule has 0 unspecified atom stereocenters. The van der Waals surface area contributed by atoms with E-state index in [9.17, 15) is 18.3 Å². The fraction of sp³-hybridized carbons (Fsp3) is 0.395. The van der Waals surface area contributed by atoms with E-state index in [2.05, 4.69) is 45.8 Å². The molecule has 14 heteroatoms. The molecule has 0 aliphatic heterocycles. The van der Waals surface area contributed by atoms with Gasteiger partial charge in [-0.1, -0.05) is 51.5 Å². The summed E-state index contributed by atoms with van der Waals surface area (Å²) in [5.41, 5.74) is 5.39. The molecule has 0 saturated heterocycles. The fourth-order valence-corrected chi connectivity index (χ4v) is 7.34. The zero-order valence-corrected chi connectivity index (χ0v) is 31.6. The molecule has 12 nitrogen and oxygen atoms in total. The Labute approximate surface area is 310 Å². The van der Waals surface area contributed by atoms with E-state index >= 15 is 0 Å². The number of halogens is 1. The number of ether oxygens (including phenoxy) is 1. The number of hydrogen-bond donors (Lipinski definition) is 3.